The van der Waals surface area contributed by atoms with Gasteiger partial charge in [0, 0.05) is 6.42 Å². The molecule has 0 aromatic heterocycles. The SMILES string of the molecule is COC1=CC(=O)O[C@@H](COCc2ccc(OC)cc2)C1. The molecule has 0 radical (unpaired) electrons. The molecule has 108 valence electrons. The predicted octanol–water partition coefficient (Wildman–Crippen LogP) is 2.06. The predicted molar refractivity (Wildman–Crippen MR) is 72.2 cm³/mol. The molecule has 0 bridgehead atoms. The highest BCUT2D eigenvalue weighted by Crippen LogP contribution is 2.17. The number of ether oxygens (including phenoxy) is 4. The van der Waals surface area contributed by atoms with Gasteiger partial charge in [0.15, 0.2) is 0 Å². The Labute approximate surface area is 118 Å². The summed E-state index contributed by atoms with van der Waals surface area (Å²) in [5.74, 6) is 1.05. The number of benzene rings is 1. The lowest BCUT2D eigenvalue weighted by molar-refractivity contribution is -0.149. The van der Waals surface area contributed by atoms with E-state index in [0.29, 0.717) is 25.4 Å². The van der Waals surface area contributed by atoms with Crippen LogP contribution in [0.2, 0.25) is 0 Å². The van der Waals surface area contributed by atoms with Crippen LogP contribution in [0, 0.1) is 0 Å². The van der Waals surface area contributed by atoms with Crippen molar-refractivity contribution in [1.29, 1.82) is 0 Å². The second-order valence-corrected chi connectivity index (χ2v) is 4.44. The van der Waals surface area contributed by atoms with Crippen LogP contribution in [0.5, 0.6) is 5.75 Å². The lowest BCUT2D eigenvalue weighted by atomic mass is 10.2. The Morgan fingerprint density at radius 1 is 1.20 bits per heavy atom. The molecule has 1 atom stereocenters. The van der Waals surface area contributed by atoms with E-state index in [0.717, 1.165) is 11.3 Å². The zero-order chi connectivity index (χ0) is 14.4. The van der Waals surface area contributed by atoms with E-state index in [4.69, 9.17) is 18.9 Å². The van der Waals surface area contributed by atoms with Gasteiger partial charge in [-0.15, -0.1) is 0 Å². The van der Waals surface area contributed by atoms with Crippen LogP contribution in [0.1, 0.15) is 12.0 Å². The Morgan fingerprint density at radius 2 is 1.95 bits per heavy atom. The second-order valence-electron chi connectivity index (χ2n) is 4.44. The van der Waals surface area contributed by atoms with Gasteiger partial charge in [-0.3, -0.25) is 0 Å². The van der Waals surface area contributed by atoms with Crippen molar-refractivity contribution in [3.8, 4) is 5.75 Å². The van der Waals surface area contributed by atoms with Gasteiger partial charge >= 0.3 is 5.97 Å². The van der Waals surface area contributed by atoms with Crippen molar-refractivity contribution in [3.63, 3.8) is 0 Å². The fraction of sp³-hybridized carbons (Fsp3) is 0.400. The van der Waals surface area contributed by atoms with Crippen LogP contribution in [0.4, 0.5) is 0 Å². The summed E-state index contributed by atoms with van der Waals surface area (Å²) < 4.78 is 20.9. The first kappa shape index (κ1) is 14.4. The lowest BCUT2D eigenvalue weighted by Crippen LogP contribution is -2.27. The minimum atomic E-state index is -0.383. The van der Waals surface area contributed by atoms with Crippen LogP contribution < -0.4 is 4.74 Å². The van der Waals surface area contributed by atoms with Gasteiger partial charge in [0.2, 0.25) is 0 Å². The molecule has 1 aliphatic heterocycles. The maximum Gasteiger partial charge on any atom is 0.334 e. The van der Waals surface area contributed by atoms with E-state index < -0.39 is 0 Å². The molecular formula is C15H18O5. The van der Waals surface area contributed by atoms with Crippen LogP contribution in [-0.4, -0.2) is 32.9 Å². The van der Waals surface area contributed by atoms with Gasteiger partial charge < -0.3 is 18.9 Å². The summed E-state index contributed by atoms with van der Waals surface area (Å²) in [5, 5.41) is 0. The van der Waals surface area contributed by atoms with Crippen LogP contribution in [0.15, 0.2) is 36.1 Å². The average molecular weight is 278 g/mol. The summed E-state index contributed by atoms with van der Waals surface area (Å²) in [5.41, 5.74) is 1.04. The quantitative estimate of drug-likeness (QED) is 0.745. The third-order valence-electron chi connectivity index (χ3n) is 2.98. The third-order valence-corrected chi connectivity index (χ3v) is 2.98. The average Bonchev–Trinajstić information content (AvgIpc) is 2.47. The monoisotopic (exact) mass is 278 g/mol. The Morgan fingerprint density at radius 3 is 2.60 bits per heavy atom. The number of hydrogen-bond acceptors (Lipinski definition) is 5. The number of hydrogen-bond donors (Lipinski definition) is 0. The Balaban J connectivity index is 1.78. The van der Waals surface area contributed by atoms with Crippen molar-refractivity contribution in [3.05, 3.63) is 41.7 Å². The minimum Gasteiger partial charge on any atom is -0.501 e. The molecule has 0 saturated carbocycles. The molecule has 0 unspecified atom stereocenters. The van der Waals surface area contributed by atoms with Crippen molar-refractivity contribution in [2.45, 2.75) is 19.1 Å². The van der Waals surface area contributed by atoms with Gasteiger partial charge in [0.1, 0.15) is 17.6 Å². The first-order valence-corrected chi connectivity index (χ1v) is 6.37. The smallest absolute Gasteiger partial charge is 0.334 e. The third kappa shape index (κ3) is 3.99. The second kappa shape index (κ2) is 6.96. The van der Waals surface area contributed by atoms with E-state index in [9.17, 15) is 4.79 Å². The number of rotatable bonds is 6. The molecule has 0 fully saturated rings. The van der Waals surface area contributed by atoms with Crippen molar-refractivity contribution in [2.24, 2.45) is 0 Å². The molecule has 0 spiro atoms. The Kier molecular flexibility index (Phi) is 5.01. The first-order valence-electron chi connectivity index (χ1n) is 6.37. The molecule has 1 aromatic rings. The number of cyclic esters (lactones) is 1. The molecule has 1 aliphatic rings. The van der Waals surface area contributed by atoms with Gasteiger partial charge in [-0.05, 0) is 17.7 Å². The van der Waals surface area contributed by atoms with Crippen molar-refractivity contribution in [1.82, 2.24) is 0 Å². The van der Waals surface area contributed by atoms with E-state index in [1.54, 1.807) is 14.2 Å². The molecule has 1 aromatic carbocycles. The molecule has 20 heavy (non-hydrogen) atoms. The van der Waals surface area contributed by atoms with Crippen LogP contribution in [0.25, 0.3) is 0 Å². The molecule has 5 nitrogen and oxygen atoms in total. The van der Waals surface area contributed by atoms with E-state index in [2.05, 4.69) is 0 Å². The lowest BCUT2D eigenvalue weighted by Gasteiger charge is -2.22. The molecule has 0 saturated heterocycles. The fourth-order valence-corrected chi connectivity index (χ4v) is 1.92. The summed E-state index contributed by atoms with van der Waals surface area (Å²) in [6.45, 7) is 0.808. The zero-order valence-electron chi connectivity index (χ0n) is 11.6. The van der Waals surface area contributed by atoms with Gasteiger partial charge in [-0.2, -0.15) is 0 Å². The molecule has 0 N–H and O–H groups in total. The van der Waals surface area contributed by atoms with Gasteiger partial charge in [0.05, 0.1) is 33.5 Å². The van der Waals surface area contributed by atoms with Crippen molar-refractivity contribution in [2.75, 3.05) is 20.8 Å². The summed E-state index contributed by atoms with van der Waals surface area (Å²) >= 11 is 0. The van der Waals surface area contributed by atoms with Crippen molar-refractivity contribution < 1.29 is 23.7 Å². The number of esters is 1. The molecule has 0 amide bonds. The highest BCUT2D eigenvalue weighted by Gasteiger charge is 2.22. The standard InChI is InChI=1S/C15H18O5/c1-17-12-5-3-11(4-6-12)9-19-10-14-7-13(18-2)8-15(16)20-14/h3-6,8,14H,7,9-10H2,1-2H3/t14-/m1/s1. The molecule has 0 aliphatic carbocycles. The Hall–Kier alpha value is -2.01. The number of methoxy groups -OCH3 is 2. The van der Waals surface area contributed by atoms with E-state index in [1.807, 2.05) is 24.3 Å². The normalized spacial score (nSPS) is 18.2. The summed E-state index contributed by atoms with van der Waals surface area (Å²) in [6, 6.07) is 7.63. The topological polar surface area (TPSA) is 54.0 Å². The summed E-state index contributed by atoms with van der Waals surface area (Å²) in [4.78, 5) is 11.3. The highest BCUT2D eigenvalue weighted by molar-refractivity contribution is 5.83. The van der Waals surface area contributed by atoms with Gasteiger partial charge in [-0.1, -0.05) is 12.1 Å². The largest absolute Gasteiger partial charge is 0.501 e. The van der Waals surface area contributed by atoms with E-state index in [1.165, 1.54) is 6.08 Å². The van der Waals surface area contributed by atoms with Crippen LogP contribution >= 0.6 is 0 Å². The number of carbonyl (C=O) groups is 1. The molecule has 1 heterocycles. The number of carbonyl (C=O) groups excluding carboxylic acids is 1. The fourth-order valence-electron chi connectivity index (χ4n) is 1.92. The first-order chi connectivity index (χ1) is 9.71. The van der Waals surface area contributed by atoms with Gasteiger partial charge in [-0.25, -0.2) is 4.79 Å². The maximum absolute atomic E-state index is 11.3. The van der Waals surface area contributed by atoms with E-state index in [-0.39, 0.29) is 12.1 Å². The highest BCUT2D eigenvalue weighted by atomic mass is 16.6. The maximum atomic E-state index is 11.3. The molecular weight excluding hydrogens is 260 g/mol. The van der Waals surface area contributed by atoms with Gasteiger partial charge in [0.25, 0.3) is 0 Å². The summed E-state index contributed by atoms with van der Waals surface area (Å²) in [7, 11) is 3.17. The van der Waals surface area contributed by atoms with Crippen molar-refractivity contribution >= 4 is 5.97 Å². The Bertz CT molecular complexity index is 478. The molecule has 2 rings (SSSR count). The molecule has 5 heteroatoms. The summed E-state index contributed by atoms with van der Waals surface area (Å²) in [6.07, 6.45) is 1.62. The van der Waals surface area contributed by atoms with E-state index >= 15 is 0 Å². The van der Waals surface area contributed by atoms with Crippen LogP contribution in [0.3, 0.4) is 0 Å². The zero-order valence-corrected chi connectivity index (χ0v) is 11.6. The van der Waals surface area contributed by atoms with Crippen LogP contribution in [-0.2, 0) is 25.6 Å². The minimum absolute atomic E-state index is 0.291.